The quantitative estimate of drug-likeness (QED) is 0.585. The number of aromatic nitrogens is 2. The summed E-state index contributed by atoms with van der Waals surface area (Å²) in [4.78, 5) is 27.9. The molecule has 2 N–H and O–H groups in total. The first-order valence-corrected chi connectivity index (χ1v) is 13.2. The summed E-state index contributed by atoms with van der Waals surface area (Å²) >= 11 is 0. The van der Waals surface area contributed by atoms with Gasteiger partial charge in [-0.2, -0.15) is 15.6 Å². The fourth-order valence-electron chi connectivity index (χ4n) is 10.2. The number of aryl methyl sites for hydroxylation is 1. The Morgan fingerprint density at radius 2 is 1.59 bits per heavy atom. The maximum Gasteiger partial charge on any atom is 0.312 e. The van der Waals surface area contributed by atoms with Crippen LogP contribution in [0.4, 0.5) is 10.2 Å². The molecule has 9 rings (SSSR count). The molecule has 0 radical (unpaired) electrons. The molecule has 7 aliphatic rings. The number of anilines is 1. The largest absolute Gasteiger partial charge is 0.469 e. The van der Waals surface area contributed by atoms with Crippen molar-refractivity contribution in [2.24, 2.45) is 46.3 Å². The Bertz CT molecular complexity index is 1680. The zero-order valence-electron chi connectivity index (χ0n) is 22.0. The van der Waals surface area contributed by atoms with E-state index < -0.39 is 17.2 Å². The predicted octanol–water partition coefficient (Wildman–Crippen LogP) is 3.48. The van der Waals surface area contributed by atoms with Crippen molar-refractivity contribution in [1.82, 2.24) is 15.1 Å². The number of H-pyrrole nitrogens is 1. The van der Waals surface area contributed by atoms with Gasteiger partial charge < -0.3 is 15.0 Å². The molecule has 2 heterocycles. The van der Waals surface area contributed by atoms with Crippen LogP contribution in [0.2, 0.25) is 0 Å². The second kappa shape index (κ2) is 6.51. The summed E-state index contributed by atoms with van der Waals surface area (Å²) < 4.78 is 20.9. The Labute approximate surface area is 223 Å². The van der Waals surface area contributed by atoms with Gasteiger partial charge in [-0.3, -0.25) is 14.7 Å². The van der Waals surface area contributed by atoms with Gasteiger partial charge in [0, 0.05) is 35.0 Å². The molecule has 0 spiro atoms. The fraction of sp³-hybridized carbons (Fsp3) is 0.483. The number of amides is 1. The van der Waals surface area contributed by atoms with Gasteiger partial charge in [-0.05, 0) is 62.3 Å². The first-order valence-electron chi connectivity index (χ1n) is 13.2. The van der Waals surface area contributed by atoms with E-state index in [9.17, 15) is 20.1 Å². The lowest BCUT2D eigenvalue weighted by molar-refractivity contribution is -0.625. The van der Waals surface area contributed by atoms with Gasteiger partial charge in [-0.1, -0.05) is 0 Å². The van der Waals surface area contributed by atoms with Crippen LogP contribution in [0.3, 0.4) is 0 Å². The van der Waals surface area contributed by atoms with Crippen molar-refractivity contribution in [3.05, 3.63) is 45.6 Å². The molecule has 6 aliphatic carbocycles. The zero-order valence-corrected chi connectivity index (χ0v) is 22.0. The Hall–Kier alpha value is -4.18. The lowest BCUT2D eigenvalue weighted by atomic mass is 8.92. The van der Waals surface area contributed by atoms with Crippen molar-refractivity contribution in [1.29, 1.82) is 10.5 Å². The monoisotopic (exact) mass is 524 g/mol. The molecular formula is C29H25FN6O3. The maximum absolute atomic E-state index is 15.9. The van der Waals surface area contributed by atoms with E-state index in [0.29, 0.717) is 44.8 Å². The van der Waals surface area contributed by atoms with Gasteiger partial charge in [0.25, 0.3) is 0 Å². The van der Waals surface area contributed by atoms with Crippen LogP contribution in [-0.2, 0) is 14.3 Å². The van der Waals surface area contributed by atoms with Crippen molar-refractivity contribution in [3.8, 4) is 12.1 Å². The van der Waals surface area contributed by atoms with Crippen LogP contribution in [0.15, 0.2) is 28.6 Å². The molecule has 10 heteroatoms. The van der Waals surface area contributed by atoms with Gasteiger partial charge in [0.05, 0.1) is 52.7 Å². The Morgan fingerprint density at radius 3 is 2.10 bits per heavy atom. The van der Waals surface area contributed by atoms with Gasteiger partial charge in [-0.15, -0.1) is 0 Å². The highest BCUT2D eigenvalue weighted by atomic mass is 19.1. The van der Waals surface area contributed by atoms with Crippen LogP contribution in [0.1, 0.15) is 30.9 Å². The average molecular weight is 525 g/mol. The van der Waals surface area contributed by atoms with Gasteiger partial charge in [0.15, 0.2) is 5.82 Å². The fourth-order valence-corrected chi connectivity index (χ4v) is 10.2. The number of allylic oxidation sites excluding steroid dienone is 4. The molecule has 1 amide bonds. The van der Waals surface area contributed by atoms with Crippen molar-refractivity contribution < 1.29 is 18.7 Å². The Kier molecular flexibility index (Phi) is 3.80. The SMILES string of the molecule is COC(=O)C12C3C4C1C1C2C3C41C(=O)Nc1n[nH]c2c(C)c(F)c(C3C(C#N)=C(C)N(C)C(C)=C3C#N)cc12. The lowest BCUT2D eigenvalue weighted by Gasteiger charge is -3.09. The van der Waals surface area contributed by atoms with E-state index >= 15 is 4.39 Å². The number of hydrogen-bond acceptors (Lipinski definition) is 7. The van der Waals surface area contributed by atoms with Gasteiger partial charge in [0.1, 0.15) is 5.82 Å². The lowest BCUT2D eigenvalue weighted by Crippen LogP contribution is -3.12. The van der Waals surface area contributed by atoms with Crippen molar-refractivity contribution in [2.75, 3.05) is 19.5 Å². The molecule has 196 valence electrons. The number of hydrogen-bond donors (Lipinski definition) is 2. The normalized spacial score (nSPS) is 38.0. The second-order valence-electron chi connectivity index (χ2n) is 12.1. The molecular weight excluding hydrogens is 499 g/mol. The number of nitrogens with one attached hydrogen (secondary N) is 2. The number of methoxy groups -OCH3 is 1. The maximum atomic E-state index is 15.9. The molecule has 0 saturated heterocycles. The number of carbonyl (C=O) groups excluding carboxylic acids is 2. The van der Waals surface area contributed by atoms with E-state index in [1.807, 2.05) is 0 Å². The molecule has 39 heavy (non-hydrogen) atoms. The van der Waals surface area contributed by atoms with Crippen molar-refractivity contribution >= 4 is 28.6 Å². The topological polar surface area (TPSA) is 135 Å². The highest BCUT2D eigenvalue weighted by molar-refractivity contribution is 6.08. The summed E-state index contributed by atoms with van der Waals surface area (Å²) in [5.74, 6) is 0.207. The summed E-state index contributed by atoms with van der Waals surface area (Å²) in [6.07, 6.45) is 0. The van der Waals surface area contributed by atoms with Crippen LogP contribution in [0.5, 0.6) is 0 Å². The highest BCUT2D eigenvalue weighted by Crippen LogP contribution is 3.10. The second-order valence-corrected chi connectivity index (χ2v) is 12.1. The number of rotatable bonds is 4. The van der Waals surface area contributed by atoms with Crippen LogP contribution in [0, 0.1) is 81.7 Å². The molecule has 2 aromatic rings. The summed E-state index contributed by atoms with van der Waals surface area (Å²) in [6, 6.07) is 6.00. The number of benzene rings is 1. The zero-order chi connectivity index (χ0) is 27.5. The number of nitrogens with zero attached hydrogens (tertiary/aromatic N) is 4. The minimum atomic E-state index is -0.864. The summed E-state index contributed by atoms with van der Waals surface area (Å²) in [7, 11) is 3.22. The number of aromatic amines is 1. The molecule has 9 nitrogen and oxygen atoms in total. The summed E-state index contributed by atoms with van der Waals surface area (Å²) in [5.41, 5.74) is 2.14. The average Bonchev–Trinajstić information content (AvgIpc) is 3.35. The van der Waals surface area contributed by atoms with Crippen LogP contribution in [-0.4, -0.2) is 41.1 Å². The van der Waals surface area contributed by atoms with Gasteiger partial charge in [0.2, 0.25) is 5.91 Å². The molecule has 6 saturated carbocycles. The van der Waals surface area contributed by atoms with Crippen molar-refractivity contribution in [3.63, 3.8) is 0 Å². The Balaban J connectivity index is 1.16. The van der Waals surface area contributed by atoms with Crippen molar-refractivity contribution in [2.45, 2.75) is 26.7 Å². The Morgan fingerprint density at radius 1 is 1.05 bits per heavy atom. The molecule has 0 atom stereocenters. The van der Waals surface area contributed by atoms with Crippen LogP contribution in [0.25, 0.3) is 10.9 Å². The third kappa shape index (κ3) is 1.88. The number of esters is 1. The summed E-state index contributed by atoms with van der Waals surface area (Å²) in [6.45, 7) is 5.19. The number of carbonyl (C=O) groups is 2. The molecule has 1 aromatic heterocycles. The first-order chi connectivity index (χ1) is 18.6. The standard InChI is InChI=1S/C29H25FN6O3/c1-9-23(30)12(16-14(7-31)10(2)36(4)11(3)15(16)8-32)6-13-24(9)34-35-25(13)33-26(37)28-17-20-18(28)22-19(28)21(17)29(20,22)27(38)39-5/h6,16-22H,1-5H3,(H2,33,34,35,37). The molecule has 0 bridgehead atoms. The highest BCUT2D eigenvalue weighted by Gasteiger charge is 3.13. The molecule has 1 aromatic carbocycles. The van der Waals surface area contributed by atoms with Crippen LogP contribution >= 0.6 is 0 Å². The minimum Gasteiger partial charge on any atom is -0.469 e. The van der Waals surface area contributed by atoms with E-state index in [0.717, 1.165) is 0 Å². The third-order valence-corrected chi connectivity index (χ3v) is 11.8. The number of nitriles is 2. The number of ether oxygens (including phenoxy) is 1. The predicted molar refractivity (Wildman–Crippen MR) is 134 cm³/mol. The van der Waals surface area contributed by atoms with E-state index in [1.165, 1.54) is 7.11 Å². The number of fused-ring (bicyclic) bond motifs is 1. The third-order valence-electron chi connectivity index (χ3n) is 11.8. The van der Waals surface area contributed by atoms with E-state index in [1.54, 1.807) is 38.8 Å². The number of halogens is 1. The first kappa shape index (κ1) is 22.8. The molecule has 1 aliphatic heterocycles. The smallest absolute Gasteiger partial charge is 0.312 e. The minimum absolute atomic E-state index is 0.0810. The van der Waals surface area contributed by atoms with E-state index in [-0.39, 0.29) is 58.4 Å². The van der Waals surface area contributed by atoms with E-state index in [2.05, 4.69) is 27.7 Å². The van der Waals surface area contributed by atoms with Gasteiger partial charge >= 0.3 is 5.97 Å². The molecule has 6 fully saturated rings. The van der Waals surface area contributed by atoms with Crippen LogP contribution < -0.4 is 5.32 Å². The van der Waals surface area contributed by atoms with Gasteiger partial charge in [-0.25, -0.2) is 4.39 Å². The summed E-state index contributed by atoms with van der Waals surface area (Å²) in [5, 5.41) is 30.8. The molecule has 0 unspecified atom stereocenters. The van der Waals surface area contributed by atoms with E-state index in [4.69, 9.17) is 4.74 Å².